The summed E-state index contributed by atoms with van der Waals surface area (Å²) in [5, 5.41) is 13.0. The standard InChI is InChI=1S/C23H21N3O3/c1-2-3-12-29-23(28)16-8-10-19(11-9-16)26-22(27)17(14-24)13-18-15-25-21-7-5-4-6-20(18)21/h4-11,13,15,25H,2-3,12H2,1H3,(H,26,27)/b17-13-. The minimum absolute atomic E-state index is 0.0159. The fourth-order valence-corrected chi connectivity index (χ4v) is 2.80. The largest absolute Gasteiger partial charge is 0.462 e. The van der Waals surface area contributed by atoms with Gasteiger partial charge in [0.15, 0.2) is 0 Å². The summed E-state index contributed by atoms with van der Waals surface area (Å²) in [6, 6.07) is 16.0. The number of para-hydroxylation sites is 1. The number of aromatic nitrogens is 1. The predicted molar refractivity (Wildman–Crippen MR) is 112 cm³/mol. The molecule has 1 heterocycles. The van der Waals surface area contributed by atoms with Gasteiger partial charge in [-0.3, -0.25) is 4.79 Å². The van der Waals surface area contributed by atoms with Crippen LogP contribution in [0.25, 0.3) is 17.0 Å². The van der Waals surface area contributed by atoms with Crippen molar-refractivity contribution in [1.29, 1.82) is 5.26 Å². The molecule has 2 N–H and O–H groups in total. The molecular weight excluding hydrogens is 366 g/mol. The van der Waals surface area contributed by atoms with Crippen LogP contribution in [-0.2, 0) is 9.53 Å². The second-order valence-corrected chi connectivity index (χ2v) is 6.48. The monoisotopic (exact) mass is 387 g/mol. The smallest absolute Gasteiger partial charge is 0.338 e. The lowest BCUT2D eigenvalue weighted by molar-refractivity contribution is -0.112. The maximum atomic E-state index is 12.5. The van der Waals surface area contributed by atoms with Crippen LogP contribution in [0.4, 0.5) is 5.69 Å². The van der Waals surface area contributed by atoms with Crippen molar-refractivity contribution >= 4 is 34.5 Å². The van der Waals surface area contributed by atoms with E-state index >= 15 is 0 Å². The molecule has 29 heavy (non-hydrogen) atoms. The summed E-state index contributed by atoms with van der Waals surface area (Å²) in [6.45, 7) is 2.41. The van der Waals surface area contributed by atoms with Crippen molar-refractivity contribution < 1.29 is 14.3 Å². The Morgan fingerprint density at radius 2 is 1.93 bits per heavy atom. The van der Waals surface area contributed by atoms with Gasteiger partial charge in [-0.25, -0.2) is 4.79 Å². The molecule has 0 saturated heterocycles. The first kappa shape index (κ1) is 19.9. The van der Waals surface area contributed by atoms with Gasteiger partial charge in [-0.05, 0) is 42.8 Å². The first-order valence-electron chi connectivity index (χ1n) is 9.39. The van der Waals surface area contributed by atoms with Crippen molar-refractivity contribution in [2.45, 2.75) is 19.8 Å². The van der Waals surface area contributed by atoms with Crippen LogP contribution in [0.2, 0.25) is 0 Å². The van der Waals surface area contributed by atoms with E-state index < -0.39 is 11.9 Å². The minimum atomic E-state index is -0.518. The molecule has 6 heteroatoms. The summed E-state index contributed by atoms with van der Waals surface area (Å²) in [4.78, 5) is 27.5. The fraction of sp³-hybridized carbons (Fsp3) is 0.174. The molecule has 0 aliphatic rings. The number of ether oxygens (including phenoxy) is 1. The van der Waals surface area contributed by atoms with E-state index in [0.29, 0.717) is 17.9 Å². The zero-order valence-electron chi connectivity index (χ0n) is 16.1. The van der Waals surface area contributed by atoms with Crippen molar-refractivity contribution in [3.05, 3.63) is 71.4 Å². The van der Waals surface area contributed by atoms with Crippen molar-refractivity contribution in [1.82, 2.24) is 4.98 Å². The highest BCUT2D eigenvalue weighted by atomic mass is 16.5. The molecule has 0 spiro atoms. The third kappa shape index (κ3) is 4.90. The van der Waals surface area contributed by atoms with Gasteiger partial charge >= 0.3 is 5.97 Å². The summed E-state index contributed by atoms with van der Waals surface area (Å²) < 4.78 is 5.16. The summed E-state index contributed by atoms with van der Waals surface area (Å²) in [7, 11) is 0. The van der Waals surface area contributed by atoms with E-state index in [1.807, 2.05) is 37.3 Å². The van der Waals surface area contributed by atoms with Crippen LogP contribution in [-0.4, -0.2) is 23.5 Å². The topological polar surface area (TPSA) is 95.0 Å². The van der Waals surface area contributed by atoms with Gasteiger partial charge in [0, 0.05) is 28.4 Å². The van der Waals surface area contributed by atoms with Crippen molar-refractivity contribution in [3.8, 4) is 6.07 Å². The first-order valence-corrected chi connectivity index (χ1v) is 9.39. The van der Waals surface area contributed by atoms with E-state index in [-0.39, 0.29) is 5.57 Å². The quantitative estimate of drug-likeness (QED) is 0.266. The van der Waals surface area contributed by atoms with Crippen LogP contribution in [0.5, 0.6) is 0 Å². The summed E-state index contributed by atoms with van der Waals surface area (Å²) in [6.07, 6.45) is 5.08. The van der Waals surface area contributed by atoms with Crippen LogP contribution in [0, 0.1) is 11.3 Å². The van der Waals surface area contributed by atoms with Crippen LogP contribution < -0.4 is 5.32 Å². The maximum absolute atomic E-state index is 12.5. The number of H-pyrrole nitrogens is 1. The number of nitriles is 1. The van der Waals surface area contributed by atoms with Gasteiger partial charge in [0.25, 0.3) is 5.91 Å². The van der Waals surface area contributed by atoms with Crippen molar-refractivity contribution in [2.24, 2.45) is 0 Å². The number of unbranched alkanes of at least 4 members (excludes halogenated alkanes) is 1. The second kappa shape index (κ2) is 9.38. The lowest BCUT2D eigenvalue weighted by atomic mass is 10.1. The Hall–Kier alpha value is -3.85. The predicted octanol–water partition coefficient (Wildman–Crippen LogP) is 4.67. The fourth-order valence-electron chi connectivity index (χ4n) is 2.80. The van der Waals surface area contributed by atoms with Gasteiger partial charge in [-0.2, -0.15) is 5.26 Å². The first-order chi connectivity index (χ1) is 14.1. The molecule has 0 radical (unpaired) electrons. The number of hydrogen-bond acceptors (Lipinski definition) is 4. The number of esters is 1. The van der Waals surface area contributed by atoms with E-state index in [1.54, 1.807) is 36.5 Å². The van der Waals surface area contributed by atoms with Gasteiger partial charge in [0.2, 0.25) is 0 Å². The van der Waals surface area contributed by atoms with E-state index in [4.69, 9.17) is 4.74 Å². The molecule has 0 aliphatic carbocycles. The number of aromatic amines is 1. The highest BCUT2D eigenvalue weighted by Crippen LogP contribution is 2.21. The molecule has 0 atom stereocenters. The Balaban J connectivity index is 1.70. The van der Waals surface area contributed by atoms with Gasteiger partial charge in [0.05, 0.1) is 12.2 Å². The molecule has 1 aromatic heterocycles. The normalized spacial score (nSPS) is 11.1. The van der Waals surface area contributed by atoms with Crippen LogP contribution in [0.1, 0.15) is 35.7 Å². The number of hydrogen-bond donors (Lipinski definition) is 2. The highest BCUT2D eigenvalue weighted by molar-refractivity contribution is 6.10. The average Bonchev–Trinajstić information content (AvgIpc) is 3.15. The number of nitrogens with one attached hydrogen (secondary N) is 2. The summed E-state index contributed by atoms with van der Waals surface area (Å²) >= 11 is 0. The zero-order valence-corrected chi connectivity index (χ0v) is 16.1. The van der Waals surface area contributed by atoms with Gasteiger partial charge in [-0.1, -0.05) is 31.5 Å². The Bertz CT molecular complexity index is 1090. The SMILES string of the molecule is CCCCOC(=O)c1ccc(NC(=O)/C(C#N)=C\c2c[nH]c3ccccc23)cc1. The van der Waals surface area contributed by atoms with Gasteiger partial charge in [-0.15, -0.1) is 0 Å². The van der Waals surface area contributed by atoms with Gasteiger partial charge < -0.3 is 15.0 Å². The Morgan fingerprint density at radius 1 is 1.17 bits per heavy atom. The molecule has 3 aromatic rings. The highest BCUT2D eigenvalue weighted by Gasteiger charge is 2.12. The van der Waals surface area contributed by atoms with Gasteiger partial charge in [0.1, 0.15) is 11.6 Å². The number of carbonyl (C=O) groups is 2. The number of nitrogens with zero attached hydrogens (tertiary/aromatic N) is 1. The third-order valence-electron chi connectivity index (χ3n) is 4.40. The molecule has 0 aliphatic heterocycles. The van der Waals surface area contributed by atoms with E-state index in [2.05, 4.69) is 10.3 Å². The zero-order chi connectivity index (χ0) is 20.6. The third-order valence-corrected chi connectivity index (χ3v) is 4.40. The lowest BCUT2D eigenvalue weighted by Crippen LogP contribution is -2.13. The van der Waals surface area contributed by atoms with Crippen LogP contribution >= 0.6 is 0 Å². The molecule has 0 unspecified atom stereocenters. The van der Waals surface area contributed by atoms with E-state index in [1.165, 1.54) is 0 Å². The van der Waals surface area contributed by atoms with Crippen LogP contribution in [0.15, 0.2) is 60.3 Å². The number of anilines is 1. The molecule has 146 valence electrons. The van der Waals surface area contributed by atoms with Crippen LogP contribution in [0.3, 0.4) is 0 Å². The summed E-state index contributed by atoms with van der Waals surface area (Å²) in [5.41, 5.74) is 2.57. The average molecular weight is 387 g/mol. The Labute approximate surface area is 168 Å². The summed E-state index contributed by atoms with van der Waals surface area (Å²) in [5.74, 6) is -0.913. The Kier molecular flexibility index (Phi) is 6.43. The Morgan fingerprint density at radius 3 is 2.66 bits per heavy atom. The molecule has 0 saturated carbocycles. The number of rotatable bonds is 7. The lowest BCUT2D eigenvalue weighted by Gasteiger charge is -2.07. The molecule has 2 aromatic carbocycles. The molecule has 1 amide bonds. The number of fused-ring (bicyclic) bond motifs is 1. The van der Waals surface area contributed by atoms with Crippen molar-refractivity contribution in [3.63, 3.8) is 0 Å². The molecule has 0 fully saturated rings. The van der Waals surface area contributed by atoms with Crippen molar-refractivity contribution in [2.75, 3.05) is 11.9 Å². The minimum Gasteiger partial charge on any atom is -0.462 e. The number of carbonyl (C=O) groups excluding carboxylic acids is 2. The second-order valence-electron chi connectivity index (χ2n) is 6.48. The molecule has 0 bridgehead atoms. The van der Waals surface area contributed by atoms with E-state index in [0.717, 1.165) is 29.3 Å². The molecule has 3 rings (SSSR count). The molecular formula is C23H21N3O3. The van der Waals surface area contributed by atoms with E-state index in [9.17, 15) is 14.9 Å². The molecule has 6 nitrogen and oxygen atoms in total. The number of amides is 1. The maximum Gasteiger partial charge on any atom is 0.338 e. The number of benzene rings is 2.